The molecular formula is C10H21NO2. The number of rotatable bonds is 7. The second kappa shape index (κ2) is 6.11. The van der Waals surface area contributed by atoms with Gasteiger partial charge in [0.05, 0.1) is 0 Å². The second-order valence-electron chi connectivity index (χ2n) is 3.61. The van der Waals surface area contributed by atoms with Crippen molar-refractivity contribution in [3.05, 3.63) is 0 Å². The van der Waals surface area contributed by atoms with Crippen LogP contribution in [0.4, 0.5) is 0 Å². The molecule has 0 aliphatic rings. The molecule has 78 valence electrons. The Morgan fingerprint density at radius 3 is 2.46 bits per heavy atom. The van der Waals surface area contributed by atoms with Crippen molar-refractivity contribution in [2.45, 2.75) is 45.6 Å². The fourth-order valence-corrected chi connectivity index (χ4v) is 1.17. The molecule has 0 spiro atoms. The maximum absolute atomic E-state index is 11.6. The van der Waals surface area contributed by atoms with Gasteiger partial charge < -0.3 is 10.5 Å². The number of carbonyl (C=O) groups is 1. The standard InChI is InChI=1S/C10H21NO2/c1-4-13-10(2,3)9(12)7-5-6-8-11/h4-8,11H2,1-3H3. The molecule has 0 unspecified atom stereocenters. The Balaban J connectivity index is 3.80. The summed E-state index contributed by atoms with van der Waals surface area (Å²) in [6, 6.07) is 0. The van der Waals surface area contributed by atoms with Crippen LogP contribution in [-0.2, 0) is 9.53 Å². The molecule has 0 saturated carbocycles. The van der Waals surface area contributed by atoms with Crippen molar-refractivity contribution in [3.63, 3.8) is 0 Å². The maximum atomic E-state index is 11.6. The van der Waals surface area contributed by atoms with E-state index in [1.54, 1.807) is 0 Å². The molecule has 0 bridgehead atoms. The molecule has 3 heteroatoms. The lowest BCUT2D eigenvalue weighted by molar-refractivity contribution is -0.139. The third-order valence-electron chi connectivity index (χ3n) is 2.03. The van der Waals surface area contributed by atoms with E-state index in [1.165, 1.54) is 0 Å². The molecule has 0 rings (SSSR count). The third kappa shape index (κ3) is 5.01. The second-order valence-corrected chi connectivity index (χ2v) is 3.61. The molecule has 2 N–H and O–H groups in total. The monoisotopic (exact) mass is 187 g/mol. The zero-order valence-electron chi connectivity index (χ0n) is 8.93. The molecule has 0 aromatic heterocycles. The highest BCUT2D eigenvalue weighted by Gasteiger charge is 2.26. The Morgan fingerprint density at radius 1 is 1.38 bits per heavy atom. The van der Waals surface area contributed by atoms with Gasteiger partial charge >= 0.3 is 0 Å². The average Bonchev–Trinajstić information content (AvgIpc) is 2.04. The summed E-state index contributed by atoms with van der Waals surface area (Å²) in [5.74, 6) is 0.169. The lowest BCUT2D eigenvalue weighted by Crippen LogP contribution is -2.34. The molecule has 0 saturated heterocycles. The first-order valence-electron chi connectivity index (χ1n) is 4.92. The number of hydrogen-bond donors (Lipinski definition) is 1. The highest BCUT2D eigenvalue weighted by Crippen LogP contribution is 2.14. The molecule has 13 heavy (non-hydrogen) atoms. The van der Waals surface area contributed by atoms with Crippen LogP contribution in [0.1, 0.15) is 40.0 Å². The molecular weight excluding hydrogens is 166 g/mol. The van der Waals surface area contributed by atoms with E-state index in [-0.39, 0.29) is 5.78 Å². The summed E-state index contributed by atoms with van der Waals surface area (Å²) >= 11 is 0. The van der Waals surface area contributed by atoms with Crippen LogP contribution in [0, 0.1) is 0 Å². The molecule has 0 fully saturated rings. The largest absolute Gasteiger partial charge is 0.368 e. The van der Waals surface area contributed by atoms with Crippen molar-refractivity contribution in [1.29, 1.82) is 0 Å². The van der Waals surface area contributed by atoms with Crippen molar-refractivity contribution in [2.24, 2.45) is 5.73 Å². The Bertz CT molecular complexity index is 155. The summed E-state index contributed by atoms with van der Waals surface area (Å²) in [6.45, 7) is 6.77. The topological polar surface area (TPSA) is 52.3 Å². The van der Waals surface area contributed by atoms with Crippen LogP contribution in [-0.4, -0.2) is 24.5 Å². The average molecular weight is 187 g/mol. The molecule has 0 aliphatic heterocycles. The zero-order valence-corrected chi connectivity index (χ0v) is 8.93. The Hall–Kier alpha value is -0.410. The van der Waals surface area contributed by atoms with Crippen LogP contribution in [0.5, 0.6) is 0 Å². The van der Waals surface area contributed by atoms with Crippen LogP contribution in [0.2, 0.25) is 0 Å². The van der Waals surface area contributed by atoms with Crippen LogP contribution >= 0.6 is 0 Å². The fraction of sp³-hybridized carbons (Fsp3) is 0.900. The number of Topliss-reactive ketones (excluding diaryl/α,β-unsaturated/α-hetero) is 1. The molecule has 0 amide bonds. The zero-order chi connectivity index (χ0) is 10.3. The predicted octanol–water partition coefficient (Wildman–Crippen LogP) is 1.50. The summed E-state index contributed by atoms with van der Waals surface area (Å²) in [7, 11) is 0. The van der Waals surface area contributed by atoms with E-state index in [0.29, 0.717) is 19.6 Å². The molecule has 3 nitrogen and oxygen atoms in total. The normalized spacial score (nSPS) is 11.7. The van der Waals surface area contributed by atoms with Crippen molar-refractivity contribution >= 4 is 5.78 Å². The lowest BCUT2D eigenvalue weighted by Gasteiger charge is -2.22. The molecule has 0 radical (unpaired) electrons. The number of carbonyl (C=O) groups excluding carboxylic acids is 1. The minimum Gasteiger partial charge on any atom is -0.368 e. The van der Waals surface area contributed by atoms with Gasteiger partial charge in [0.2, 0.25) is 0 Å². The lowest BCUT2D eigenvalue weighted by atomic mass is 9.98. The van der Waals surface area contributed by atoms with Gasteiger partial charge in [-0.05, 0) is 40.2 Å². The van der Waals surface area contributed by atoms with Crippen molar-refractivity contribution in [1.82, 2.24) is 0 Å². The van der Waals surface area contributed by atoms with Crippen molar-refractivity contribution in [3.8, 4) is 0 Å². The van der Waals surface area contributed by atoms with E-state index < -0.39 is 5.60 Å². The molecule has 0 heterocycles. The predicted molar refractivity (Wildman–Crippen MR) is 53.6 cm³/mol. The van der Waals surface area contributed by atoms with Gasteiger partial charge in [-0.1, -0.05) is 0 Å². The number of ether oxygens (including phenoxy) is 1. The minimum absolute atomic E-state index is 0.169. The summed E-state index contributed by atoms with van der Waals surface area (Å²) in [4.78, 5) is 11.6. The molecule has 0 aliphatic carbocycles. The Morgan fingerprint density at radius 2 is 2.00 bits per heavy atom. The van der Waals surface area contributed by atoms with Gasteiger partial charge in [0.15, 0.2) is 5.78 Å². The first-order chi connectivity index (χ1) is 6.04. The van der Waals surface area contributed by atoms with Gasteiger partial charge in [0, 0.05) is 13.0 Å². The first kappa shape index (κ1) is 12.6. The minimum atomic E-state index is -0.622. The van der Waals surface area contributed by atoms with E-state index in [0.717, 1.165) is 12.8 Å². The molecule has 0 aromatic carbocycles. The van der Waals surface area contributed by atoms with Gasteiger partial charge in [-0.15, -0.1) is 0 Å². The first-order valence-corrected chi connectivity index (χ1v) is 4.92. The van der Waals surface area contributed by atoms with Crippen molar-refractivity contribution in [2.75, 3.05) is 13.2 Å². The third-order valence-corrected chi connectivity index (χ3v) is 2.03. The summed E-state index contributed by atoms with van der Waals surface area (Å²) < 4.78 is 5.34. The van der Waals surface area contributed by atoms with Crippen LogP contribution in [0.3, 0.4) is 0 Å². The molecule has 0 aromatic rings. The van der Waals surface area contributed by atoms with E-state index in [1.807, 2.05) is 20.8 Å². The summed E-state index contributed by atoms with van der Waals surface area (Å²) in [5.41, 5.74) is 4.72. The number of hydrogen-bond acceptors (Lipinski definition) is 3. The fourth-order valence-electron chi connectivity index (χ4n) is 1.17. The van der Waals surface area contributed by atoms with Crippen molar-refractivity contribution < 1.29 is 9.53 Å². The number of ketones is 1. The van der Waals surface area contributed by atoms with Gasteiger partial charge in [0.1, 0.15) is 5.60 Å². The van der Waals surface area contributed by atoms with Crippen LogP contribution < -0.4 is 5.73 Å². The van der Waals surface area contributed by atoms with Gasteiger partial charge in [-0.3, -0.25) is 4.79 Å². The highest BCUT2D eigenvalue weighted by atomic mass is 16.5. The van der Waals surface area contributed by atoms with E-state index in [9.17, 15) is 4.79 Å². The van der Waals surface area contributed by atoms with E-state index >= 15 is 0 Å². The van der Waals surface area contributed by atoms with Crippen LogP contribution in [0.15, 0.2) is 0 Å². The van der Waals surface area contributed by atoms with Gasteiger partial charge in [-0.25, -0.2) is 0 Å². The SMILES string of the molecule is CCOC(C)(C)C(=O)CCCCN. The van der Waals surface area contributed by atoms with Gasteiger partial charge in [-0.2, -0.15) is 0 Å². The summed E-state index contributed by atoms with van der Waals surface area (Å²) in [6.07, 6.45) is 2.35. The van der Waals surface area contributed by atoms with E-state index in [4.69, 9.17) is 10.5 Å². The van der Waals surface area contributed by atoms with Gasteiger partial charge in [0.25, 0.3) is 0 Å². The summed E-state index contributed by atoms with van der Waals surface area (Å²) in [5, 5.41) is 0. The molecule has 0 atom stereocenters. The Kier molecular flexibility index (Phi) is 5.91. The van der Waals surface area contributed by atoms with Crippen LogP contribution in [0.25, 0.3) is 0 Å². The number of nitrogens with two attached hydrogens (primary N) is 1. The quantitative estimate of drug-likeness (QED) is 0.614. The maximum Gasteiger partial charge on any atom is 0.164 e. The number of unbranched alkanes of at least 4 members (excludes halogenated alkanes) is 1. The Labute approximate surface area is 80.6 Å². The smallest absolute Gasteiger partial charge is 0.164 e. The van der Waals surface area contributed by atoms with E-state index in [2.05, 4.69) is 0 Å². The highest BCUT2D eigenvalue weighted by molar-refractivity contribution is 5.86.